The van der Waals surface area contributed by atoms with Gasteiger partial charge >= 0.3 is 0 Å². The molecule has 0 spiro atoms. The van der Waals surface area contributed by atoms with Crippen molar-refractivity contribution >= 4 is 23.1 Å². The van der Waals surface area contributed by atoms with Gasteiger partial charge in [0.1, 0.15) is 11.5 Å². The predicted octanol–water partition coefficient (Wildman–Crippen LogP) is 2.75. The molecule has 10 nitrogen and oxygen atoms in total. The number of amides is 1. The first-order valence-electron chi connectivity index (χ1n) is 11.4. The second kappa shape index (κ2) is 10.7. The van der Waals surface area contributed by atoms with Crippen LogP contribution in [-0.4, -0.2) is 78.0 Å². The Kier molecular flexibility index (Phi) is 7.42. The third-order valence-corrected chi connectivity index (χ3v) is 6.31. The number of ether oxygens (including phenoxy) is 2. The van der Waals surface area contributed by atoms with Crippen molar-refractivity contribution in [3.8, 4) is 5.75 Å². The minimum atomic E-state index is -1.08. The summed E-state index contributed by atoms with van der Waals surface area (Å²) in [5.74, 6) is -1.48. The Morgan fingerprint density at radius 3 is 2.46 bits per heavy atom. The zero-order valence-corrected chi connectivity index (χ0v) is 19.4. The van der Waals surface area contributed by atoms with E-state index in [1.165, 1.54) is 30.2 Å². The van der Waals surface area contributed by atoms with Crippen LogP contribution in [0.3, 0.4) is 0 Å². The second-order valence-electron chi connectivity index (χ2n) is 8.34. The minimum Gasteiger partial charge on any atom is -0.507 e. The lowest BCUT2D eigenvalue weighted by Gasteiger charge is -2.29. The molecule has 0 unspecified atom stereocenters. The van der Waals surface area contributed by atoms with Crippen molar-refractivity contribution < 1.29 is 29.1 Å². The zero-order valence-electron chi connectivity index (χ0n) is 19.4. The largest absolute Gasteiger partial charge is 0.507 e. The number of nitrogens with zero attached hydrogens (tertiary/aromatic N) is 3. The van der Waals surface area contributed by atoms with Gasteiger partial charge in [-0.2, -0.15) is 0 Å². The van der Waals surface area contributed by atoms with Crippen LogP contribution in [0.1, 0.15) is 23.6 Å². The Morgan fingerprint density at radius 2 is 1.80 bits per heavy atom. The van der Waals surface area contributed by atoms with Crippen molar-refractivity contribution in [3.05, 3.63) is 75.3 Å². The minimum absolute atomic E-state index is 0.166. The van der Waals surface area contributed by atoms with Gasteiger partial charge in [0.2, 0.25) is 0 Å². The van der Waals surface area contributed by atoms with Crippen LogP contribution in [0.15, 0.2) is 54.1 Å². The van der Waals surface area contributed by atoms with E-state index in [0.717, 1.165) is 13.1 Å². The third-order valence-electron chi connectivity index (χ3n) is 6.31. The lowest BCUT2D eigenvalue weighted by molar-refractivity contribution is -0.385. The first-order chi connectivity index (χ1) is 16.9. The van der Waals surface area contributed by atoms with Crippen LogP contribution in [0.5, 0.6) is 5.75 Å². The average Bonchev–Trinajstić information content (AvgIpc) is 3.14. The van der Waals surface area contributed by atoms with E-state index in [1.54, 1.807) is 30.3 Å². The number of likely N-dealkylation sites (tertiary alicyclic amines) is 1. The van der Waals surface area contributed by atoms with Gasteiger partial charge in [0.05, 0.1) is 42.4 Å². The van der Waals surface area contributed by atoms with E-state index in [2.05, 4.69) is 4.90 Å². The van der Waals surface area contributed by atoms with Gasteiger partial charge in [-0.05, 0) is 36.8 Å². The topological polar surface area (TPSA) is 122 Å². The number of nitro benzene ring substituents is 1. The molecule has 2 heterocycles. The summed E-state index contributed by atoms with van der Waals surface area (Å²) in [4.78, 5) is 41.0. The van der Waals surface area contributed by atoms with E-state index in [0.29, 0.717) is 37.5 Å². The highest BCUT2D eigenvalue weighted by atomic mass is 16.6. The zero-order chi connectivity index (χ0) is 24.9. The van der Waals surface area contributed by atoms with E-state index < -0.39 is 22.7 Å². The molecule has 2 saturated heterocycles. The first kappa shape index (κ1) is 24.4. The number of carbonyl (C=O) groups is 2. The maximum absolute atomic E-state index is 13.2. The number of Topliss-reactive ketones (excluding diaryl/α,β-unsaturated/α-hetero) is 1. The maximum Gasteiger partial charge on any atom is 0.295 e. The average molecular weight is 482 g/mol. The van der Waals surface area contributed by atoms with Crippen molar-refractivity contribution in [2.24, 2.45) is 0 Å². The van der Waals surface area contributed by atoms with Gasteiger partial charge in [-0.15, -0.1) is 0 Å². The van der Waals surface area contributed by atoms with Crippen molar-refractivity contribution in [2.45, 2.75) is 12.5 Å². The Hall–Kier alpha value is -3.76. The number of hydrogen-bond donors (Lipinski definition) is 1. The molecule has 10 heteroatoms. The Morgan fingerprint density at radius 1 is 1.11 bits per heavy atom. The number of ketones is 1. The lowest BCUT2D eigenvalue weighted by Crippen LogP contribution is -2.39. The van der Waals surface area contributed by atoms with Crippen LogP contribution in [0.25, 0.3) is 5.76 Å². The molecule has 35 heavy (non-hydrogen) atoms. The smallest absolute Gasteiger partial charge is 0.295 e. The van der Waals surface area contributed by atoms with Crippen LogP contribution in [0, 0.1) is 10.1 Å². The molecule has 0 radical (unpaired) electrons. The number of nitro groups is 1. The van der Waals surface area contributed by atoms with E-state index in [-0.39, 0.29) is 29.1 Å². The summed E-state index contributed by atoms with van der Waals surface area (Å²) >= 11 is 0. The maximum atomic E-state index is 13.2. The summed E-state index contributed by atoms with van der Waals surface area (Å²) in [7, 11) is 1.51. The van der Waals surface area contributed by atoms with Crippen molar-refractivity contribution in [1.29, 1.82) is 0 Å². The van der Waals surface area contributed by atoms with Gasteiger partial charge in [0, 0.05) is 37.8 Å². The molecule has 0 aromatic heterocycles. The molecule has 1 atom stereocenters. The van der Waals surface area contributed by atoms with E-state index in [4.69, 9.17) is 9.47 Å². The summed E-state index contributed by atoms with van der Waals surface area (Å²) in [6, 6.07) is 11.3. The van der Waals surface area contributed by atoms with Gasteiger partial charge < -0.3 is 19.5 Å². The van der Waals surface area contributed by atoms with Gasteiger partial charge in [-0.25, -0.2) is 0 Å². The fourth-order valence-electron chi connectivity index (χ4n) is 4.51. The van der Waals surface area contributed by atoms with E-state index in [9.17, 15) is 24.8 Å². The van der Waals surface area contributed by atoms with Gasteiger partial charge in [-0.1, -0.05) is 12.1 Å². The Labute approximate surface area is 202 Å². The molecule has 0 aliphatic carbocycles. The predicted molar refractivity (Wildman–Crippen MR) is 127 cm³/mol. The highest BCUT2D eigenvalue weighted by molar-refractivity contribution is 6.46. The van der Waals surface area contributed by atoms with Gasteiger partial charge in [0.25, 0.3) is 17.4 Å². The SMILES string of the molecule is COc1ccc(C(O)=C2C(=O)C(=O)N(CCCN3CCOCC3)[C@H]2c2ccccc2[N+](=O)[O-])cc1. The Balaban J connectivity index is 1.73. The number of aliphatic hydroxyl groups is 1. The molecule has 184 valence electrons. The first-order valence-corrected chi connectivity index (χ1v) is 11.4. The molecule has 2 fully saturated rings. The molecule has 1 amide bonds. The summed E-state index contributed by atoms with van der Waals surface area (Å²) in [6.45, 7) is 3.74. The molecule has 2 aliphatic rings. The normalized spacial score (nSPS) is 20.3. The number of aliphatic hydroxyl groups excluding tert-OH is 1. The molecule has 1 N–H and O–H groups in total. The van der Waals surface area contributed by atoms with Gasteiger partial charge in [-0.3, -0.25) is 24.6 Å². The third kappa shape index (κ3) is 5.03. The molecular formula is C25H27N3O7. The van der Waals surface area contributed by atoms with Crippen molar-refractivity contribution in [3.63, 3.8) is 0 Å². The van der Waals surface area contributed by atoms with Crippen molar-refractivity contribution in [1.82, 2.24) is 9.80 Å². The molecule has 0 bridgehead atoms. The molecule has 0 saturated carbocycles. The fraction of sp³-hybridized carbons (Fsp3) is 0.360. The second-order valence-corrected chi connectivity index (χ2v) is 8.34. The van der Waals surface area contributed by atoms with Crippen LogP contribution in [0.2, 0.25) is 0 Å². The molecule has 4 rings (SSSR count). The number of methoxy groups -OCH3 is 1. The lowest BCUT2D eigenvalue weighted by atomic mass is 9.94. The van der Waals surface area contributed by atoms with Crippen molar-refractivity contribution in [2.75, 3.05) is 46.5 Å². The summed E-state index contributed by atoms with van der Waals surface area (Å²) in [5, 5.41) is 22.9. The quantitative estimate of drug-likeness (QED) is 0.201. The molecular weight excluding hydrogens is 454 g/mol. The summed E-state index contributed by atoms with van der Waals surface area (Å²) < 4.78 is 10.5. The fourth-order valence-corrected chi connectivity index (χ4v) is 4.51. The van der Waals surface area contributed by atoms with E-state index in [1.807, 2.05) is 0 Å². The molecule has 2 aromatic carbocycles. The van der Waals surface area contributed by atoms with Crippen LogP contribution in [-0.2, 0) is 14.3 Å². The number of hydrogen-bond acceptors (Lipinski definition) is 8. The highest BCUT2D eigenvalue weighted by Crippen LogP contribution is 2.42. The monoisotopic (exact) mass is 481 g/mol. The molecule has 2 aromatic rings. The van der Waals surface area contributed by atoms with Gasteiger partial charge in [0.15, 0.2) is 0 Å². The van der Waals surface area contributed by atoms with Crippen LogP contribution in [0.4, 0.5) is 5.69 Å². The Bertz CT molecular complexity index is 1140. The number of morpholine rings is 1. The molecule has 2 aliphatic heterocycles. The van der Waals surface area contributed by atoms with Crippen LogP contribution >= 0.6 is 0 Å². The number of para-hydroxylation sites is 1. The van der Waals surface area contributed by atoms with E-state index >= 15 is 0 Å². The summed E-state index contributed by atoms with van der Waals surface area (Å²) in [5.41, 5.74) is 0.0953. The number of carbonyl (C=O) groups excluding carboxylic acids is 2. The highest BCUT2D eigenvalue weighted by Gasteiger charge is 2.47. The number of rotatable bonds is 8. The van der Waals surface area contributed by atoms with Crippen LogP contribution < -0.4 is 4.74 Å². The standard InChI is InChI=1S/C25H27N3O7/c1-34-18-9-7-17(8-10-18)23(29)21-22(19-5-2-3-6-20(19)28(32)33)27(25(31)24(21)30)12-4-11-26-13-15-35-16-14-26/h2-3,5-10,22,29H,4,11-16H2,1H3/t22-/m0/s1. The summed E-state index contributed by atoms with van der Waals surface area (Å²) in [6.07, 6.45) is 0.562. The number of benzene rings is 2.